The first-order valence-corrected chi connectivity index (χ1v) is 10.2. The van der Waals surface area contributed by atoms with Crippen molar-refractivity contribution in [1.82, 2.24) is 9.55 Å². The lowest BCUT2D eigenvalue weighted by molar-refractivity contribution is 0.559. The van der Waals surface area contributed by atoms with E-state index in [4.69, 9.17) is 9.40 Å². The van der Waals surface area contributed by atoms with Gasteiger partial charge in [-0.2, -0.15) is 0 Å². The average Bonchev–Trinajstić information content (AvgIpc) is 2.84. The number of thioether (sulfide) groups is 1. The zero-order valence-electron chi connectivity index (χ0n) is 14.6. The van der Waals surface area contributed by atoms with Gasteiger partial charge in [-0.25, -0.2) is 9.78 Å². The van der Waals surface area contributed by atoms with Gasteiger partial charge in [-0.15, -0.1) is 0 Å². The summed E-state index contributed by atoms with van der Waals surface area (Å²) in [5.74, 6) is 0.686. The van der Waals surface area contributed by atoms with Gasteiger partial charge in [0.15, 0.2) is 5.16 Å². The molecule has 132 valence electrons. The van der Waals surface area contributed by atoms with Crippen LogP contribution in [0.3, 0.4) is 0 Å². The van der Waals surface area contributed by atoms with Crippen molar-refractivity contribution in [2.75, 3.05) is 0 Å². The maximum Gasteiger partial charge on any atom is 0.336 e. The topological polar surface area (TPSA) is 48.0 Å². The third kappa shape index (κ3) is 4.01. The van der Waals surface area contributed by atoms with Crippen LogP contribution >= 0.6 is 27.7 Å². The lowest BCUT2D eigenvalue weighted by Gasteiger charge is -2.10. The van der Waals surface area contributed by atoms with Crippen LogP contribution in [0.5, 0.6) is 0 Å². The smallest absolute Gasteiger partial charge is 0.336 e. The number of aryl methyl sites for hydroxylation is 1. The summed E-state index contributed by atoms with van der Waals surface area (Å²) in [4.78, 5) is 16.6. The summed E-state index contributed by atoms with van der Waals surface area (Å²) in [6.07, 6.45) is 2.29. The molecule has 0 saturated carbocycles. The zero-order chi connectivity index (χ0) is 18.0. The van der Waals surface area contributed by atoms with Crippen molar-refractivity contribution in [2.24, 2.45) is 0 Å². The molecule has 3 aromatic rings. The van der Waals surface area contributed by atoms with Crippen LogP contribution in [0.25, 0.3) is 11.0 Å². The fourth-order valence-corrected chi connectivity index (χ4v) is 4.23. The quantitative estimate of drug-likeness (QED) is 0.392. The number of hydrogen-bond acceptors (Lipinski definition) is 4. The van der Waals surface area contributed by atoms with E-state index in [1.54, 1.807) is 17.8 Å². The first-order chi connectivity index (χ1) is 12.0. The molecule has 0 unspecified atom stereocenters. The molecule has 6 heteroatoms. The molecule has 4 nitrogen and oxygen atoms in total. The lowest BCUT2D eigenvalue weighted by Crippen LogP contribution is -2.03. The third-order valence-electron chi connectivity index (χ3n) is 4.31. The highest BCUT2D eigenvalue weighted by Crippen LogP contribution is 2.29. The van der Waals surface area contributed by atoms with Crippen molar-refractivity contribution in [3.8, 4) is 0 Å². The molecule has 2 heterocycles. The number of unbranched alkanes of at least 4 members (excludes halogenated alkanes) is 1. The predicted octanol–water partition coefficient (Wildman–Crippen LogP) is 5.46. The van der Waals surface area contributed by atoms with E-state index in [9.17, 15) is 4.79 Å². The Balaban J connectivity index is 1.91. The summed E-state index contributed by atoms with van der Waals surface area (Å²) in [6, 6.07) is 7.37. The summed E-state index contributed by atoms with van der Waals surface area (Å²) < 4.78 is 8.50. The van der Waals surface area contributed by atoms with Gasteiger partial charge in [-0.3, -0.25) is 0 Å². The van der Waals surface area contributed by atoms with Crippen LogP contribution in [0.2, 0.25) is 0 Å². The second-order valence-corrected chi connectivity index (χ2v) is 7.95. The van der Waals surface area contributed by atoms with Crippen molar-refractivity contribution in [3.63, 3.8) is 0 Å². The molecule has 0 bridgehead atoms. The summed E-state index contributed by atoms with van der Waals surface area (Å²) in [5, 5.41) is 1.98. The Bertz CT molecular complexity index is 962. The Kier molecular flexibility index (Phi) is 5.69. The fraction of sp³-hybridized carbons (Fsp3) is 0.368. The van der Waals surface area contributed by atoms with Crippen molar-refractivity contribution >= 4 is 38.7 Å². The normalized spacial score (nSPS) is 11.4. The maximum atomic E-state index is 11.9. The number of rotatable bonds is 6. The van der Waals surface area contributed by atoms with Gasteiger partial charge >= 0.3 is 5.63 Å². The molecule has 0 saturated heterocycles. The number of fused-ring (bicyclic) bond motifs is 1. The number of halogens is 1. The van der Waals surface area contributed by atoms with E-state index in [1.807, 2.05) is 25.1 Å². The summed E-state index contributed by atoms with van der Waals surface area (Å²) in [7, 11) is 0. The number of benzene rings is 1. The molecular formula is C19H21BrN2O2S. The Hall–Kier alpha value is -1.53. The van der Waals surface area contributed by atoms with Crippen molar-refractivity contribution < 1.29 is 4.42 Å². The molecule has 0 radical (unpaired) electrons. The molecule has 3 rings (SSSR count). The standard InChI is InChI=1S/C19H21BrN2O2S/c1-4-5-8-22-13(3)12(2)21-19(22)25-11-14-9-18(23)24-17-10-15(20)6-7-16(14)17/h6-7,9-10H,4-5,8,11H2,1-3H3. The monoisotopic (exact) mass is 420 g/mol. The van der Waals surface area contributed by atoms with E-state index < -0.39 is 0 Å². The number of nitrogens with zero attached hydrogens (tertiary/aromatic N) is 2. The molecule has 1 aromatic carbocycles. The Morgan fingerprint density at radius 2 is 2.08 bits per heavy atom. The molecule has 0 amide bonds. The van der Waals surface area contributed by atoms with Crippen LogP contribution in [0.1, 0.15) is 36.7 Å². The average molecular weight is 421 g/mol. The van der Waals surface area contributed by atoms with E-state index in [-0.39, 0.29) is 5.63 Å². The van der Waals surface area contributed by atoms with Crippen molar-refractivity contribution in [1.29, 1.82) is 0 Å². The van der Waals surface area contributed by atoms with Crippen LogP contribution < -0.4 is 5.63 Å². The minimum absolute atomic E-state index is 0.317. The number of aromatic nitrogens is 2. The van der Waals surface area contributed by atoms with Gasteiger partial charge in [0.1, 0.15) is 5.58 Å². The summed E-state index contributed by atoms with van der Waals surface area (Å²) in [6.45, 7) is 7.34. The molecule has 0 atom stereocenters. The van der Waals surface area contributed by atoms with Gasteiger partial charge in [-0.1, -0.05) is 41.0 Å². The minimum Gasteiger partial charge on any atom is -0.423 e. The summed E-state index contributed by atoms with van der Waals surface area (Å²) in [5.41, 5.74) is 3.56. The highest BCUT2D eigenvalue weighted by Gasteiger charge is 2.13. The molecule has 0 aliphatic carbocycles. The molecule has 0 N–H and O–H groups in total. The zero-order valence-corrected chi connectivity index (χ0v) is 17.0. The molecule has 0 aliphatic heterocycles. The third-order valence-corrected chi connectivity index (χ3v) is 5.83. The van der Waals surface area contributed by atoms with E-state index in [2.05, 4.69) is 34.3 Å². The second kappa shape index (κ2) is 7.79. The molecule has 0 spiro atoms. The van der Waals surface area contributed by atoms with Crippen LogP contribution in [-0.2, 0) is 12.3 Å². The Labute approximate surface area is 159 Å². The Morgan fingerprint density at radius 3 is 2.84 bits per heavy atom. The number of imidazole rings is 1. The Morgan fingerprint density at radius 1 is 1.28 bits per heavy atom. The predicted molar refractivity (Wildman–Crippen MR) is 106 cm³/mol. The lowest BCUT2D eigenvalue weighted by atomic mass is 10.1. The van der Waals surface area contributed by atoms with E-state index >= 15 is 0 Å². The molecule has 0 fully saturated rings. The second-order valence-electron chi connectivity index (χ2n) is 6.09. The number of hydrogen-bond donors (Lipinski definition) is 0. The largest absolute Gasteiger partial charge is 0.423 e. The highest BCUT2D eigenvalue weighted by molar-refractivity contribution is 9.10. The fourth-order valence-electron chi connectivity index (χ4n) is 2.78. The van der Waals surface area contributed by atoms with Gasteiger partial charge < -0.3 is 8.98 Å². The van der Waals surface area contributed by atoms with Gasteiger partial charge in [0.05, 0.1) is 5.69 Å². The van der Waals surface area contributed by atoms with Crippen LogP contribution in [0.4, 0.5) is 0 Å². The minimum atomic E-state index is -0.317. The molecule has 0 aliphatic rings. The van der Waals surface area contributed by atoms with E-state index in [1.165, 1.54) is 5.69 Å². The SMILES string of the molecule is CCCCn1c(SCc2cc(=O)oc3cc(Br)ccc23)nc(C)c1C. The highest BCUT2D eigenvalue weighted by atomic mass is 79.9. The van der Waals surface area contributed by atoms with Crippen LogP contribution in [-0.4, -0.2) is 9.55 Å². The van der Waals surface area contributed by atoms with Gasteiger partial charge in [0.2, 0.25) is 0 Å². The summed E-state index contributed by atoms with van der Waals surface area (Å²) >= 11 is 5.09. The first-order valence-electron chi connectivity index (χ1n) is 8.38. The van der Waals surface area contributed by atoms with Crippen LogP contribution in [0.15, 0.2) is 43.1 Å². The van der Waals surface area contributed by atoms with Gasteiger partial charge in [0, 0.05) is 33.9 Å². The maximum absolute atomic E-state index is 11.9. The van der Waals surface area contributed by atoms with Crippen molar-refractivity contribution in [2.45, 2.75) is 51.1 Å². The van der Waals surface area contributed by atoms with Crippen LogP contribution in [0, 0.1) is 13.8 Å². The van der Waals surface area contributed by atoms with E-state index in [0.717, 1.165) is 45.7 Å². The van der Waals surface area contributed by atoms with Gasteiger partial charge in [-0.05, 0) is 44.0 Å². The first kappa shape index (κ1) is 18.3. The van der Waals surface area contributed by atoms with Gasteiger partial charge in [0.25, 0.3) is 0 Å². The van der Waals surface area contributed by atoms with Crippen molar-refractivity contribution in [3.05, 3.63) is 56.1 Å². The van der Waals surface area contributed by atoms with E-state index in [0.29, 0.717) is 11.3 Å². The molecule has 2 aromatic heterocycles. The molecular weight excluding hydrogens is 400 g/mol. The molecule has 25 heavy (non-hydrogen) atoms.